The zero-order valence-electron chi connectivity index (χ0n) is 10.5. The molecule has 0 aromatic carbocycles. The van der Waals surface area contributed by atoms with E-state index in [0.717, 1.165) is 12.8 Å². The number of hydrogen-bond donors (Lipinski definition) is 2. The molecule has 0 radical (unpaired) electrons. The van der Waals surface area contributed by atoms with Gasteiger partial charge >= 0.3 is 11.9 Å². The lowest BCUT2D eigenvalue weighted by Gasteiger charge is -2.19. The molecular formula is C14H14O5. The fourth-order valence-electron chi connectivity index (χ4n) is 2.31. The van der Waals surface area contributed by atoms with E-state index >= 15 is 0 Å². The van der Waals surface area contributed by atoms with Crippen molar-refractivity contribution in [3.8, 4) is 0 Å². The van der Waals surface area contributed by atoms with Crippen LogP contribution in [0.2, 0.25) is 0 Å². The van der Waals surface area contributed by atoms with Gasteiger partial charge in [0.2, 0.25) is 0 Å². The summed E-state index contributed by atoms with van der Waals surface area (Å²) >= 11 is 0. The first-order chi connectivity index (χ1) is 8.87. The molecule has 0 unspecified atom stereocenters. The molecule has 19 heavy (non-hydrogen) atoms. The number of ketones is 1. The van der Waals surface area contributed by atoms with E-state index in [1.54, 1.807) is 12.2 Å². The molecule has 0 heterocycles. The van der Waals surface area contributed by atoms with E-state index in [-0.39, 0.29) is 17.6 Å². The average molecular weight is 262 g/mol. The number of hydrogen-bond acceptors (Lipinski definition) is 3. The second-order valence-electron chi connectivity index (χ2n) is 5.07. The van der Waals surface area contributed by atoms with Crippen molar-refractivity contribution in [3.05, 3.63) is 34.9 Å². The summed E-state index contributed by atoms with van der Waals surface area (Å²) in [5, 5.41) is 18.2. The third-order valence-electron chi connectivity index (χ3n) is 3.60. The number of rotatable bonds is 4. The third-order valence-corrected chi connectivity index (χ3v) is 3.60. The number of carbonyl (C=O) groups is 3. The first kappa shape index (κ1) is 13.3. The number of carbonyl (C=O) groups excluding carboxylic acids is 1. The minimum absolute atomic E-state index is 0.0134. The lowest BCUT2D eigenvalue weighted by molar-refractivity contribution is -0.147. The maximum Gasteiger partial charge on any atom is 0.377 e. The van der Waals surface area contributed by atoms with Gasteiger partial charge in [0.25, 0.3) is 5.78 Å². The highest BCUT2D eigenvalue weighted by Gasteiger charge is 2.46. The number of carboxylic acids is 2. The molecule has 2 aliphatic carbocycles. The van der Waals surface area contributed by atoms with E-state index in [9.17, 15) is 19.5 Å². The molecule has 2 aliphatic rings. The smallest absolute Gasteiger partial charge is 0.377 e. The van der Waals surface area contributed by atoms with Gasteiger partial charge in [0.05, 0.1) is 0 Å². The van der Waals surface area contributed by atoms with Gasteiger partial charge in [0, 0.05) is 16.6 Å². The number of aliphatic carboxylic acids is 2. The molecule has 2 N–H and O–H groups in total. The van der Waals surface area contributed by atoms with E-state index in [1.165, 1.54) is 6.08 Å². The molecule has 0 aromatic heterocycles. The van der Waals surface area contributed by atoms with Crippen molar-refractivity contribution in [1.29, 1.82) is 0 Å². The van der Waals surface area contributed by atoms with Crippen LogP contribution in [0, 0.1) is 5.41 Å². The highest BCUT2D eigenvalue weighted by Crippen LogP contribution is 2.53. The fraction of sp³-hybridized carbons (Fsp3) is 0.357. The third kappa shape index (κ3) is 2.36. The summed E-state index contributed by atoms with van der Waals surface area (Å²) in [6, 6.07) is 0. The van der Waals surface area contributed by atoms with E-state index in [0.29, 0.717) is 5.57 Å². The van der Waals surface area contributed by atoms with Crippen molar-refractivity contribution >= 4 is 17.7 Å². The predicted molar refractivity (Wildman–Crippen MR) is 66.5 cm³/mol. The van der Waals surface area contributed by atoms with Crippen LogP contribution in [0.15, 0.2) is 34.9 Å². The van der Waals surface area contributed by atoms with Crippen molar-refractivity contribution < 1.29 is 24.6 Å². The largest absolute Gasteiger partial charge is 0.478 e. The molecule has 1 fully saturated rings. The Balaban J connectivity index is 2.55. The second kappa shape index (κ2) is 4.50. The normalized spacial score (nSPS) is 22.5. The quantitative estimate of drug-likeness (QED) is 0.594. The van der Waals surface area contributed by atoms with E-state index in [4.69, 9.17) is 5.11 Å². The van der Waals surface area contributed by atoms with Crippen LogP contribution >= 0.6 is 0 Å². The van der Waals surface area contributed by atoms with Gasteiger partial charge in [-0.2, -0.15) is 0 Å². The van der Waals surface area contributed by atoms with Crippen molar-refractivity contribution in [1.82, 2.24) is 0 Å². The summed E-state index contributed by atoms with van der Waals surface area (Å²) in [6.07, 6.45) is 6.45. The summed E-state index contributed by atoms with van der Waals surface area (Å²) in [4.78, 5) is 33.9. The summed E-state index contributed by atoms with van der Waals surface area (Å²) in [5.74, 6) is -3.69. The van der Waals surface area contributed by atoms with Crippen molar-refractivity contribution in [2.24, 2.45) is 5.41 Å². The van der Waals surface area contributed by atoms with Crippen LogP contribution in [-0.2, 0) is 14.4 Å². The minimum Gasteiger partial charge on any atom is -0.478 e. The van der Waals surface area contributed by atoms with Crippen LogP contribution < -0.4 is 0 Å². The van der Waals surface area contributed by atoms with Crippen LogP contribution in [0.25, 0.3) is 0 Å². The Hall–Kier alpha value is -2.17. The van der Waals surface area contributed by atoms with Crippen LogP contribution in [0.1, 0.15) is 26.2 Å². The standard InChI is InChI=1S/C14H14O5/c1-14(6-7-14)10(12(16)17)8-4-2-3-5-9(8)11(15)13(18)19/h2-3,5H,4,6-7H2,1H3,(H,16,17)(H,18,19). The molecule has 0 bridgehead atoms. The number of allylic oxidation sites excluding steroid dienone is 4. The maximum atomic E-state index is 11.7. The first-order valence-corrected chi connectivity index (χ1v) is 5.98. The summed E-state index contributed by atoms with van der Waals surface area (Å²) < 4.78 is 0. The molecule has 0 aliphatic heterocycles. The molecule has 5 heteroatoms. The summed E-state index contributed by atoms with van der Waals surface area (Å²) in [5.41, 5.74) is 0.0603. The average Bonchev–Trinajstić information content (AvgIpc) is 3.07. The zero-order chi connectivity index (χ0) is 14.2. The summed E-state index contributed by atoms with van der Waals surface area (Å²) in [6.45, 7) is 1.82. The molecule has 5 nitrogen and oxygen atoms in total. The molecule has 2 rings (SSSR count). The Morgan fingerprint density at radius 1 is 1.16 bits per heavy atom. The lowest BCUT2D eigenvalue weighted by atomic mass is 9.84. The van der Waals surface area contributed by atoms with Crippen LogP contribution in [0.5, 0.6) is 0 Å². The van der Waals surface area contributed by atoms with Gasteiger partial charge in [-0.05, 0) is 24.8 Å². The summed E-state index contributed by atoms with van der Waals surface area (Å²) in [7, 11) is 0. The molecule has 0 spiro atoms. The maximum absolute atomic E-state index is 11.7. The van der Waals surface area contributed by atoms with Crippen molar-refractivity contribution in [2.75, 3.05) is 0 Å². The van der Waals surface area contributed by atoms with Crippen LogP contribution in [0.3, 0.4) is 0 Å². The van der Waals surface area contributed by atoms with Gasteiger partial charge < -0.3 is 10.2 Å². The van der Waals surface area contributed by atoms with Gasteiger partial charge in [-0.3, -0.25) is 4.79 Å². The molecule has 0 amide bonds. The van der Waals surface area contributed by atoms with Gasteiger partial charge in [-0.15, -0.1) is 0 Å². The van der Waals surface area contributed by atoms with Gasteiger partial charge in [0.15, 0.2) is 0 Å². The molecule has 1 saturated carbocycles. The van der Waals surface area contributed by atoms with E-state index in [2.05, 4.69) is 0 Å². The lowest BCUT2D eigenvalue weighted by Crippen LogP contribution is -2.22. The molecular weight excluding hydrogens is 248 g/mol. The highest BCUT2D eigenvalue weighted by atomic mass is 16.4. The monoisotopic (exact) mass is 262 g/mol. The number of carboxylic acid groups (broad SMARTS) is 2. The Morgan fingerprint density at radius 3 is 2.26 bits per heavy atom. The Kier molecular flexibility index (Phi) is 3.14. The van der Waals surface area contributed by atoms with Crippen LogP contribution in [-0.4, -0.2) is 27.9 Å². The molecule has 0 atom stereocenters. The second-order valence-corrected chi connectivity index (χ2v) is 5.07. The molecule has 0 saturated heterocycles. The van der Waals surface area contributed by atoms with Crippen LogP contribution in [0.4, 0.5) is 0 Å². The van der Waals surface area contributed by atoms with Gasteiger partial charge in [0.1, 0.15) is 0 Å². The number of Topliss-reactive ketones (excluding diaryl/α,β-unsaturated/α-hetero) is 1. The Labute approximate surface area is 109 Å². The predicted octanol–water partition coefficient (Wildman–Crippen LogP) is 1.71. The van der Waals surface area contributed by atoms with Crippen molar-refractivity contribution in [3.63, 3.8) is 0 Å². The van der Waals surface area contributed by atoms with E-state index < -0.39 is 23.1 Å². The van der Waals surface area contributed by atoms with Gasteiger partial charge in [-0.25, -0.2) is 9.59 Å². The first-order valence-electron chi connectivity index (χ1n) is 5.98. The molecule has 0 aromatic rings. The van der Waals surface area contributed by atoms with Gasteiger partial charge in [-0.1, -0.05) is 25.2 Å². The topological polar surface area (TPSA) is 91.7 Å². The Bertz CT molecular complexity index is 558. The Morgan fingerprint density at radius 2 is 1.79 bits per heavy atom. The minimum atomic E-state index is -1.57. The van der Waals surface area contributed by atoms with E-state index in [1.807, 2.05) is 6.92 Å². The highest BCUT2D eigenvalue weighted by molar-refractivity contribution is 6.41. The zero-order valence-corrected chi connectivity index (χ0v) is 10.5. The molecule has 100 valence electrons. The fourth-order valence-corrected chi connectivity index (χ4v) is 2.31. The SMILES string of the molecule is CC1(C(C(=O)O)=C2CC=CC=C2C(=O)C(=O)O)CC1. The van der Waals surface area contributed by atoms with Crippen molar-refractivity contribution in [2.45, 2.75) is 26.2 Å².